The Bertz CT molecular complexity index is 610. The summed E-state index contributed by atoms with van der Waals surface area (Å²) < 4.78 is 6.39. The van der Waals surface area contributed by atoms with E-state index in [-0.39, 0.29) is 18.9 Å². The zero-order chi connectivity index (χ0) is 13.3. The van der Waals surface area contributed by atoms with E-state index in [0.29, 0.717) is 5.56 Å². The van der Waals surface area contributed by atoms with Crippen molar-refractivity contribution in [2.45, 2.75) is 13.5 Å². The number of pyridine rings is 1. The van der Waals surface area contributed by atoms with Crippen LogP contribution >= 0.6 is 31.9 Å². The molecule has 0 bridgehead atoms. The van der Waals surface area contributed by atoms with Crippen molar-refractivity contribution in [2.24, 2.45) is 0 Å². The lowest BCUT2D eigenvalue weighted by atomic mass is 10.1. The Morgan fingerprint density at radius 3 is 2.89 bits per heavy atom. The number of aromatic amines is 1. The number of nitrogens with one attached hydrogen (secondary N) is 1. The fourth-order valence-corrected chi connectivity index (χ4v) is 2.67. The normalized spacial score (nSPS) is 10.9. The summed E-state index contributed by atoms with van der Waals surface area (Å²) in [7, 11) is 0. The van der Waals surface area contributed by atoms with Gasteiger partial charge in [-0.3, -0.25) is 0 Å². The number of carbonyl (C=O) groups is 1. The minimum Gasteiger partial charge on any atom is -0.461 e. The van der Waals surface area contributed by atoms with Crippen molar-refractivity contribution in [1.82, 2.24) is 9.97 Å². The number of hydrogen-bond donors (Lipinski definition) is 2. The number of nitrogens with zero attached hydrogens (tertiary/aromatic N) is 1. The topological polar surface area (TPSA) is 75.2 Å². The summed E-state index contributed by atoms with van der Waals surface area (Å²) in [6, 6.07) is 0. The second kappa shape index (κ2) is 5.38. The van der Waals surface area contributed by atoms with Crippen molar-refractivity contribution in [3.05, 3.63) is 26.5 Å². The number of H-pyrrole nitrogens is 1. The van der Waals surface area contributed by atoms with Crippen molar-refractivity contribution < 1.29 is 14.6 Å². The van der Waals surface area contributed by atoms with Crippen LogP contribution in [0.25, 0.3) is 10.9 Å². The minimum absolute atomic E-state index is 0.138. The molecule has 0 radical (unpaired) electrons. The molecule has 0 unspecified atom stereocenters. The fraction of sp³-hybridized carbons (Fsp3) is 0.273. The van der Waals surface area contributed by atoms with Crippen LogP contribution in [0.1, 0.15) is 23.0 Å². The molecule has 0 aliphatic carbocycles. The number of aliphatic hydroxyl groups is 1. The third-order valence-corrected chi connectivity index (χ3v) is 4.38. The molecule has 2 rings (SSSR count). The fourth-order valence-electron chi connectivity index (χ4n) is 1.71. The number of aromatic nitrogens is 2. The second-order valence-electron chi connectivity index (χ2n) is 3.51. The van der Waals surface area contributed by atoms with Gasteiger partial charge in [0.05, 0.1) is 34.0 Å². The predicted octanol–water partition coefficient (Wildman–Crippen LogP) is 2.76. The summed E-state index contributed by atoms with van der Waals surface area (Å²) in [4.78, 5) is 18.8. The van der Waals surface area contributed by atoms with Crippen LogP contribution in [0.2, 0.25) is 0 Å². The van der Waals surface area contributed by atoms with Crippen LogP contribution < -0.4 is 0 Å². The lowest BCUT2D eigenvalue weighted by Gasteiger charge is -2.07. The van der Waals surface area contributed by atoms with E-state index in [2.05, 4.69) is 41.8 Å². The van der Waals surface area contributed by atoms with Gasteiger partial charge in [-0.15, -0.1) is 0 Å². The molecule has 7 heteroatoms. The summed E-state index contributed by atoms with van der Waals surface area (Å²) in [5.74, 6) is -0.535. The van der Waals surface area contributed by atoms with Gasteiger partial charge in [0.1, 0.15) is 0 Å². The zero-order valence-corrected chi connectivity index (χ0v) is 12.6. The Morgan fingerprint density at radius 2 is 2.28 bits per heavy atom. The molecule has 0 fully saturated rings. The van der Waals surface area contributed by atoms with Crippen LogP contribution in [0.15, 0.2) is 15.3 Å². The first kappa shape index (κ1) is 13.5. The van der Waals surface area contributed by atoms with E-state index in [4.69, 9.17) is 4.74 Å². The molecule has 2 N–H and O–H groups in total. The third kappa shape index (κ3) is 2.17. The number of ether oxygens (including phenoxy) is 1. The molecule has 0 aromatic carbocycles. The first-order valence-electron chi connectivity index (χ1n) is 5.22. The number of carbonyl (C=O) groups excluding carboxylic acids is 1. The Kier molecular flexibility index (Phi) is 4.04. The molecule has 0 saturated heterocycles. The molecule has 0 spiro atoms. The molecule has 2 aromatic heterocycles. The smallest absolute Gasteiger partial charge is 0.357 e. The van der Waals surface area contributed by atoms with Gasteiger partial charge in [0.2, 0.25) is 0 Å². The van der Waals surface area contributed by atoms with Gasteiger partial charge in [0.25, 0.3) is 0 Å². The number of fused-ring (bicyclic) bond motifs is 1. The highest BCUT2D eigenvalue weighted by atomic mass is 79.9. The molecule has 0 amide bonds. The first-order chi connectivity index (χ1) is 8.60. The van der Waals surface area contributed by atoms with E-state index in [1.165, 1.54) is 6.20 Å². The highest BCUT2D eigenvalue weighted by Gasteiger charge is 2.20. The minimum atomic E-state index is -0.535. The van der Waals surface area contributed by atoms with Crippen molar-refractivity contribution in [3.63, 3.8) is 0 Å². The van der Waals surface area contributed by atoms with Crippen molar-refractivity contribution in [1.29, 1.82) is 0 Å². The standard InChI is InChI=1S/C11H10Br2N2O3/c1-2-18-11(17)9-5(4-16)7-6(3-14-9)15-10(13)8(7)12/h3,15-16H,2,4H2,1H3. The highest BCUT2D eigenvalue weighted by molar-refractivity contribution is 9.13. The van der Waals surface area contributed by atoms with Crippen LogP contribution in [0.4, 0.5) is 0 Å². The molecular weight excluding hydrogens is 368 g/mol. The number of esters is 1. The molecule has 2 aromatic rings. The number of rotatable bonds is 3. The van der Waals surface area contributed by atoms with E-state index >= 15 is 0 Å². The number of aliphatic hydroxyl groups excluding tert-OH is 1. The molecule has 5 nitrogen and oxygen atoms in total. The Labute approximate surface area is 120 Å². The summed E-state index contributed by atoms with van der Waals surface area (Å²) in [5.41, 5.74) is 1.31. The Morgan fingerprint density at radius 1 is 1.56 bits per heavy atom. The molecule has 2 heterocycles. The largest absolute Gasteiger partial charge is 0.461 e. The molecule has 0 atom stereocenters. The Balaban J connectivity index is 2.69. The van der Waals surface area contributed by atoms with Crippen LogP contribution in [0, 0.1) is 0 Å². The van der Waals surface area contributed by atoms with Gasteiger partial charge < -0.3 is 14.8 Å². The van der Waals surface area contributed by atoms with Gasteiger partial charge in [0.15, 0.2) is 5.69 Å². The zero-order valence-electron chi connectivity index (χ0n) is 9.46. The maximum absolute atomic E-state index is 11.8. The molecule has 96 valence electrons. The lowest BCUT2D eigenvalue weighted by molar-refractivity contribution is 0.0516. The quantitative estimate of drug-likeness (QED) is 0.806. The Hall–Kier alpha value is -0.920. The average Bonchev–Trinajstić information content (AvgIpc) is 2.64. The van der Waals surface area contributed by atoms with Crippen molar-refractivity contribution >= 4 is 48.7 Å². The lowest BCUT2D eigenvalue weighted by Crippen LogP contribution is -2.11. The van der Waals surface area contributed by atoms with E-state index in [1.54, 1.807) is 6.92 Å². The molecule has 18 heavy (non-hydrogen) atoms. The van der Waals surface area contributed by atoms with Crippen LogP contribution in [-0.2, 0) is 11.3 Å². The van der Waals surface area contributed by atoms with Gasteiger partial charge in [0, 0.05) is 10.9 Å². The number of hydrogen-bond acceptors (Lipinski definition) is 4. The SMILES string of the molecule is CCOC(=O)c1ncc2[nH]c(Br)c(Br)c2c1CO. The van der Waals surface area contributed by atoms with Gasteiger partial charge in [-0.25, -0.2) is 9.78 Å². The summed E-state index contributed by atoms with van der Waals surface area (Å²) >= 11 is 6.73. The van der Waals surface area contributed by atoms with Crippen LogP contribution in [0.5, 0.6) is 0 Å². The van der Waals surface area contributed by atoms with E-state index < -0.39 is 5.97 Å². The maximum atomic E-state index is 11.8. The van der Waals surface area contributed by atoms with Gasteiger partial charge in [-0.1, -0.05) is 0 Å². The first-order valence-corrected chi connectivity index (χ1v) is 6.81. The van der Waals surface area contributed by atoms with Crippen molar-refractivity contribution in [2.75, 3.05) is 6.61 Å². The van der Waals surface area contributed by atoms with E-state index in [9.17, 15) is 9.90 Å². The second-order valence-corrected chi connectivity index (χ2v) is 5.09. The third-order valence-electron chi connectivity index (χ3n) is 2.46. The molecule has 0 saturated carbocycles. The summed E-state index contributed by atoms with van der Waals surface area (Å²) in [5, 5.41) is 10.2. The van der Waals surface area contributed by atoms with E-state index in [0.717, 1.165) is 20.0 Å². The monoisotopic (exact) mass is 376 g/mol. The average molecular weight is 378 g/mol. The van der Waals surface area contributed by atoms with Crippen LogP contribution in [-0.4, -0.2) is 27.7 Å². The molecule has 0 aliphatic rings. The van der Waals surface area contributed by atoms with Crippen LogP contribution in [0.3, 0.4) is 0 Å². The van der Waals surface area contributed by atoms with Gasteiger partial charge in [-0.2, -0.15) is 0 Å². The summed E-state index contributed by atoms with van der Waals surface area (Å²) in [6.45, 7) is 1.70. The maximum Gasteiger partial charge on any atom is 0.357 e. The molecular formula is C11H10Br2N2O3. The van der Waals surface area contributed by atoms with Crippen molar-refractivity contribution in [3.8, 4) is 0 Å². The van der Waals surface area contributed by atoms with Gasteiger partial charge in [-0.05, 0) is 38.8 Å². The predicted molar refractivity (Wildman–Crippen MR) is 73.4 cm³/mol. The summed E-state index contributed by atoms with van der Waals surface area (Å²) in [6.07, 6.45) is 1.54. The highest BCUT2D eigenvalue weighted by Crippen LogP contribution is 2.34. The van der Waals surface area contributed by atoms with Gasteiger partial charge >= 0.3 is 5.97 Å². The molecule has 0 aliphatic heterocycles. The number of halogens is 2. The van der Waals surface area contributed by atoms with E-state index in [1.807, 2.05) is 0 Å².